The van der Waals surface area contributed by atoms with Gasteiger partial charge in [0.15, 0.2) is 0 Å². The lowest BCUT2D eigenvalue weighted by molar-refractivity contribution is -0.0589. The van der Waals surface area contributed by atoms with Gasteiger partial charge in [0, 0.05) is 11.9 Å². The van der Waals surface area contributed by atoms with Crippen LogP contribution in [0, 0.1) is 6.92 Å². The summed E-state index contributed by atoms with van der Waals surface area (Å²) >= 11 is 0. The number of rotatable bonds is 2. The molecule has 0 spiro atoms. The largest absolute Gasteiger partial charge is 0.276 e. The number of hydrogen-bond acceptors (Lipinski definition) is 3. The van der Waals surface area contributed by atoms with Gasteiger partial charge in [0.25, 0.3) is 5.91 Å². The summed E-state index contributed by atoms with van der Waals surface area (Å²) in [6.07, 6.45) is 1.52. The number of hydrogen-bond donors (Lipinski definition) is 1. The SMILES string of the molecule is Cc1ccc(C(=O)NOC(C)(C)C)cn1. The van der Waals surface area contributed by atoms with Gasteiger partial charge in [0.05, 0.1) is 11.2 Å². The predicted molar refractivity (Wildman–Crippen MR) is 57.3 cm³/mol. The van der Waals surface area contributed by atoms with Crippen molar-refractivity contribution in [3.63, 3.8) is 0 Å². The van der Waals surface area contributed by atoms with Gasteiger partial charge < -0.3 is 0 Å². The van der Waals surface area contributed by atoms with E-state index < -0.39 is 5.60 Å². The normalized spacial score (nSPS) is 11.2. The molecule has 1 N–H and O–H groups in total. The molecule has 1 amide bonds. The summed E-state index contributed by atoms with van der Waals surface area (Å²) in [5, 5.41) is 0. The molecule has 0 radical (unpaired) electrons. The molecule has 0 aromatic carbocycles. The molecule has 0 unspecified atom stereocenters. The van der Waals surface area contributed by atoms with E-state index in [-0.39, 0.29) is 5.91 Å². The van der Waals surface area contributed by atoms with Crippen molar-refractivity contribution in [2.24, 2.45) is 0 Å². The smallest absolute Gasteiger partial charge is 0.268 e. The van der Waals surface area contributed by atoms with E-state index in [0.29, 0.717) is 5.56 Å². The first-order valence-corrected chi connectivity index (χ1v) is 4.79. The van der Waals surface area contributed by atoms with Gasteiger partial charge in [-0.15, -0.1) is 0 Å². The molecule has 1 aromatic rings. The summed E-state index contributed by atoms with van der Waals surface area (Å²) in [5.74, 6) is -0.280. The van der Waals surface area contributed by atoms with Gasteiger partial charge in [-0.3, -0.25) is 14.6 Å². The average molecular weight is 208 g/mol. The number of aryl methyl sites for hydroxylation is 1. The van der Waals surface area contributed by atoms with Crippen molar-refractivity contribution in [1.82, 2.24) is 10.5 Å². The number of carbonyl (C=O) groups is 1. The van der Waals surface area contributed by atoms with Gasteiger partial charge >= 0.3 is 0 Å². The van der Waals surface area contributed by atoms with Crippen molar-refractivity contribution < 1.29 is 9.63 Å². The van der Waals surface area contributed by atoms with Crippen LogP contribution in [0.3, 0.4) is 0 Å². The number of carbonyl (C=O) groups excluding carboxylic acids is 1. The molecular formula is C11H16N2O2. The minimum atomic E-state index is -0.395. The second kappa shape index (κ2) is 4.40. The van der Waals surface area contributed by atoms with E-state index in [0.717, 1.165) is 5.69 Å². The Balaban J connectivity index is 2.58. The summed E-state index contributed by atoms with van der Waals surface area (Å²) in [4.78, 5) is 20.7. The van der Waals surface area contributed by atoms with Crippen LogP contribution in [0.15, 0.2) is 18.3 Å². The maximum absolute atomic E-state index is 11.5. The van der Waals surface area contributed by atoms with E-state index >= 15 is 0 Å². The van der Waals surface area contributed by atoms with E-state index in [1.54, 1.807) is 12.1 Å². The molecule has 1 heterocycles. The first-order valence-electron chi connectivity index (χ1n) is 4.79. The molecule has 1 rings (SSSR count). The van der Waals surface area contributed by atoms with E-state index in [9.17, 15) is 4.79 Å². The lowest BCUT2D eigenvalue weighted by Gasteiger charge is -2.18. The molecule has 1 aromatic heterocycles. The number of hydroxylamine groups is 1. The van der Waals surface area contributed by atoms with Crippen molar-refractivity contribution in [2.75, 3.05) is 0 Å². The van der Waals surface area contributed by atoms with Gasteiger partial charge in [-0.2, -0.15) is 0 Å². The van der Waals surface area contributed by atoms with Crippen molar-refractivity contribution in [3.05, 3.63) is 29.6 Å². The zero-order valence-electron chi connectivity index (χ0n) is 9.50. The first kappa shape index (κ1) is 11.7. The number of amides is 1. The number of nitrogens with one attached hydrogen (secondary N) is 1. The Morgan fingerprint density at radius 1 is 1.40 bits per heavy atom. The zero-order chi connectivity index (χ0) is 11.5. The third-order valence-electron chi connectivity index (χ3n) is 1.62. The molecule has 0 aliphatic heterocycles. The zero-order valence-corrected chi connectivity index (χ0v) is 9.50. The molecule has 0 aliphatic carbocycles. The fraction of sp³-hybridized carbons (Fsp3) is 0.455. The highest BCUT2D eigenvalue weighted by atomic mass is 16.7. The molecule has 0 bridgehead atoms. The van der Waals surface area contributed by atoms with Crippen molar-refractivity contribution in [1.29, 1.82) is 0 Å². The van der Waals surface area contributed by atoms with Crippen LogP contribution in [0.2, 0.25) is 0 Å². The number of pyridine rings is 1. The van der Waals surface area contributed by atoms with Crippen LogP contribution < -0.4 is 5.48 Å². The van der Waals surface area contributed by atoms with Crippen LogP contribution in [0.5, 0.6) is 0 Å². The molecule has 0 atom stereocenters. The lowest BCUT2D eigenvalue weighted by Crippen LogP contribution is -2.33. The molecule has 15 heavy (non-hydrogen) atoms. The molecule has 0 aliphatic rings. The Bertz CT molecular complexity index is 339. The van der Waals surface area contributed by atoms with Gasteiger partial charge in [-0.1, -0.05) is 0 Å². The fourth-order valence-electron chi connectivity index (χ4n) is 0.860. The highest BCUT2D eigenvalue weighted by Gasteiger charge is 2.13. The molecule has 4 nitrogen and oxygen atoms in total. The van der Waals surface area contributed by atoms with Crippen molar-refractivity contribution >= 4 is 5.91 Å². The summed E-state index contributed by atoms with van der Waals surface area (Å²) in [6, 6.07) is 3.50. The first-order chi connectivity index (χ1) is 6.88. The van der Waals surface area contributed by atoms with Gasteiger partial charge in [0.1, 0.15) is 0 Å². The molecule has 82 valence electrons. The third kappa shape index (κ3) is 4.08. The quantitative estimate of drug-likeness (QED) is 0.754. The van der Waals surface area contributed by atoms with Crippen LogP contribution >= 0.6 is 0 Å². The van der Waals surface area contributed by atoms with Crippen LogP contribution in [0.4, 0.5) is 0 Å². The molecule has 0 saturated heterocycles. The van der Waals surface area contributed by atoms with Gasteiger partial charge in [0.2, 0.25) is 0 Å². The number of nitrogens with zero attached hydrogens (tertiary/aromatic N) is 1. The van der Waals surface area contributed by atoms with E-state index in [1.807, 2.05) is 27.7 Å². The van der Waals surface area contributed by atoms with E-state index in [2.05, 4.69) is 10.5 Å². The van der Waals surface area contributed by atoms with Crippen LogP contribution in [0.1, 0.15) is 36.8 Å². The minimum absolute atomic E-state index is 0.280. The maximum Gasteiger partial charge on any atom is 0.276 e. The topological polar surface area (TPSA) is 51.2 Å². The van der Waals surface area contributed by atoms with E-state index in [4.69, 9.17) is 4.84 Å². The maximum atomic E-state index is 11.5. The summed E-state index contributed by atoms with van der Waals surface area (Å²) < 4.78 is 0. The average Bonchev–Trinajstić information content (AvgIpc) is 2.14. The predicted octanol–water partition coefficient (Wildman–Crippen LogP) is 1.85. The summed E-state index contributed by atoms with van der Waals surface area (Å²) in [6.45, 7) is 7.45. The second-order valence-corrected chi connectivity index (χ2v) is 4.33. The van der Waals surface area contributed by atoms with Crippen molar-refractivity contribution in [2.45, 2.75) is 33.3 Å². The summed E-state index contributed by atoms with van der Waals surface area (Å²) in [7, 11) is 0. The highest BCUT2D eigenvalue weighted by molar-refractivity contribution is 5.93. The number of aromatic nitrogens is 1. The Labute approximate surface area is 89.6 Å². The second-order valence-electron chi connectivity index (χ2n) is 4.33. The van der Waals surface area contributed by atoms with Gasteiger partial charge in [-0.25, -0.2) is 5.48 Å². The molecule has 0 fully saturated rings. The molecular weight excluding hydrogens is 192 g/mol. The van der Waals surface area contributed by atoms with E-state index in [1.165, 1.54) is 6.20 Å². The lowest BCUT2D eigenvalue weighted by atomic mass is 10.2. The minimum Gasteiger partial charge on any atom is -0.268 e. The van der Waals surface area contributed by atoms with Crippen LogP contribution in [0.25, 0.3) is 0 Å². The Kier molecular flexibility index (Phi) is 3.42. The third-order valence-corrected chi connectivity index (χ3v) is 1.62. The standard InChI is InChI=1S/C11H16N2O2/c1-8-5-6-9(7-12-8)10(14)13-15-11(2,3)4/h5-7H,1-4H3,(H,13,14). The van der Waals surface area contributed by atoms with Gasteiger partial charge in [-0.05, 0) is 39.8 Å². The molecule has 0 saturated carbocycles. The fourth-order valence-corrected chi connectivity index (χ4v) is 0.860. The Morgan fingerprint density at radius 2 is 2.07 bits per heavy atom. The van der Waals surface area contributed by atoms with Crippen molar-refractivity contribution in [3.8, 4) is 0 Å². The Morgan fingerprint density at radius 3 is 2.53 bits per heavy atom. The summed E-state index contributed by atoms with van der Waals surface area (Å²) in [5.41, 5.74) is 3.35. The van der Waals surface area contributed by atoms with Crippen LogP contribution in [-0.2, 0) is 4.84 Å². The Hall–Kier alpha value is -1.42. The van der Waals surface area contributed by atoms with Crippen LogP contribution in [-0.4, -0.2) is 16.5 Å². The monoisotopic (exact) mass is 208 g/mol. The molecule has 4 heteroatoms. The highest BCUT2D eigenvalue weighted by Crippen LogP contribution is 2.05.